The van der Waals surface area contributed by atoms with E-state index in [0.717, 1.165) is 6.07 Å². The second-order valence-electron chi connectivity index (χ2n) is 8.25. The average molecular weight is 458 g/mol. The zero-order chi connectivity index (χ0) is 23.3. The number of carbonyl (C=O) groups excluding carboxylic acids is 1. The van der Waals surface area contributed by atoms with Crippen molar-refractivity contribution in [1.82, 2.24) is 24.6 Å². The Morgan fingerprint density at radius 2 is 2.00 bits per heavy atom. The van der Waals surface area contributed by atoms with Crippen LogP contribution in [-0.4, -0.2) is 37.6 Å². The Kier molecular flexibility index (Phi) is 4.98. The van der Waals surface area contributed by atoms with Crippen molar-refractivity contribution in [2.24, 2.45) is 5.92 Å². The van der Waals surface area contributed by atoms with Crippen LogP contribution in [0, 0.1) is 5.92 Å². The first-order chi connectivity index (χ1) is 15.8. The lowest BCUT2D eigenvalue weighted by atomic mass is 9.81. The van der Waals surface area contributed by atoms with Gasteiger partial charge in [-0.2, -0.15) is 18.3 Å². The van der Waals surface area contributed by atoms with Gasteiger partial charge in [-0.25, -0.2) is 14.5 Å². The van der Waals surface area contributed by atoms with Crippen molar-refractivity contribution in [3.05, 3.63) is 42.0 Å². The number of para-hydroxylation sites is 1. The predicted octanol–water partition coefficient (Wildman–Crippen LogP) is 4.32. The summed E-state index contributed by atoms with van der Waals surface area (Å²) in [5.41, 5.74) is 6.60. The number of nitrogens with zero attached hydrogens (tertiary/aromatic N) is 4. The number of nitrogen functional groups attached to an aromatic ring is 1. The Hall–Kier alpha value is -3.63. The molecule has 11 heteroatoms. The number of hydrogen-bond donors (Lipinski definition) is 2. The Balaban J connectivity index is 1.60. The third-order valence-corrected chi connectivity index (χ3v) is 6.33. The molecule has 0 saturated heterocycles. The van der Waals surface area contributed by atoms with Crippen LogP contribution >= 0.6 is 0 Å². The number of halogens is 3. The molecule has 1 aliphatic rings. The van der Waals surface area contributed by atoms with Crippen LogP contribution in [-0.2, 0) is 15.7 Å². The third-order valence-electron chi connectivity index (χ3n) is 6.33. The van der Waals surface area contributed by atoms with Crippen LogP contribution in [0.3, 0.4) is 0 Å². The third kappa shape index (κ3) is 3.57. The molecule has 8 nitrogen and oxygen atoms in total. The van der Waals surface area contributed by atoms with Crippen molar-refractivity contribution < 1.29 is 22.7 Å². The van der Waals surface area contributed by atoms with Crippen molar-refractivity contribution in [3.8, 4) is 11.4 Å². The maximum Gasteiger partial charge on any atom is 0.418 e. The molecule has 4 aromatic rings. The number of fused-ring (bicyclic) bond motifs is 2. The van der Waals surface area contributed by atoms with E-state index in [1.807, 2.05) is 0 Å². The zero-order valence-electron chi connectivity index (χ0n) is 17.7. The molecule has 0 radical (unpaired) electrons. The van der Waals surface area contributed by atoms with Crippen molar-refractivity contribution >= 4 is 28.2 Å². The number of aromatic amines is 1. The van der Waals surface area contributed by atoms with Crippen LogP contribution in [0.5, 0.6) is 0 Å². The summed E-state index contributed by atoms with van der Waals surface area (Å²) < 4.78 is 47.0. The van der Waals surface area contributed by atoms with E-state index in [0.29, 0.717) is 53.8 Å². The second-order valence-corrected chi connectivity index (χ2v) is 8.25. The molecule has 172 valence electrons. The fourth-order valence-corrected chi connectivity index (χ4v) is 4.70. The van der Waals surface area contributed by atoms with Gasteiger partial charge in [0.15, 0.2) is 5.82 Å². The van der Waals surface area contributed by atoms with E-state index in [4.69, 9.17) is 15.5 Å². The number of H-pyrrole nitrogens is 1. The van der Waals surface area contributed by atoms with Gasteiger partial charge in [0.2, 0.25) is 0 Å². The van der Waals surface area contributed by atoms with E-state index >= 15 is 0 Å². The quantitative estimate of drug-likeness (QED) is 0.443. The van der Waals surface area contributed by atoms with Gasteiger partial charge in [-0.3, -0.25) is 4.79 Å². The van der Waals surface area contributed by atoms with E-state index in [2.05, 4.69) is 15.1 Å². The SMILES string of the molecule is COC(=O)C1CCC(c2nc(-c3cc4cccc(C(F)(F)F)c4[nH]3)c3c(N)ncnn23)CC1. The Bertz CT molecular complexity index is 1350. The van der Waals surface area contributed by atoms with Gasteiger partial charge in [0.1, 0.15) is 23.4 Å². The first-order valence-corrected chi connectivity index (χ1v) is 10.5. The highest BCUT2D eigenvalue weighted by atomic mass is 19.4. The Morgan fingerprint density at radius 3 is 2.70 bits per heavy atom. The lowest BCUT2D eigenvalue weighted by molar-refractivity contribution is -0.146. The molecule has 0 atom stereocenters. The highest BCUT2D eigenvalue weighted by Gasteiger charge is 2.34. The molecule has 5 rings (SSSR count). The molecule has 0 unspecified atom stereocenters. The molecule has 1 aromatic carbocycles. The topological polar surface area (TPSA) is 111 Å². The molecule has 0 bridgehead atoms. The Morgan fingerprint density at radius 1 is 1.24 bits per heavy atom. The summed E-state index contributed by atoms with van der Waals surface area (Å²) in [7, 11) is 1.38. The maximum atomic E-state index is 13.5. The van der Waals surface area contributed by atoms with Crippen molar-refractivity contribution in [1.29, 1.82) is 0 Å². The standard InChI is InChI=1S/C22H21F3N6O2/c1-33-21(32)12-7-5-11(6-8-12)20-30-17(18-19(26)27-10-28-31(18)20)15-9-13-3-2-4-14(16(13)29-15)22(23,24)25/h2-4,9-12,29H,5-8H2,1H3,(H2,26,27,28). The zero-order valence-corrected chi connectivity index (χ0v) is 17.7. The number of anilines is 1. The van der Waals surface area contributed by atoms with E-state index in [1.54, 1.807) is 16.6 Å². The first kappa shape index (κ1) is 21.2. The number of alkyl halides is 3. The number of nitrogens with two attached hydrogens (primary N) is 1. The van der Waals surface area contributed by atoms with E-state index in [1.165, 1.54) is 19.5 Å². The summed E-state index contributed by atoms with van der Waals surface area (Å²) in [5.74, 6) is 0.471. The van der Waals surface area contributed by atoms with Crippen LogP contribution in [0.4, 0.5) is 19.0 Å². The van der Waals surface area contributed by atoms with Crippen molar-refractivity contribution in [2.75, 3.05) is 12.8 Å². The van der Waals surface area contributed by atoms with Gasteiger partial charge < -0.3 is 15.5 Å². The normalized spacial score (nSPS) is 19.3. The predicted molar refractivity (Wildman–Crippen MR) is 114 cm³/mol. The van der Waals surface area contributed by atoms with Gasteiger partial charge in [-0.1, -0.05) is 12.1 Å². The number of ether oxygens (including phenoxy) is 1. The summed E-state index contributed by atoms with van der Waals surface area (Å²) in [6.45, 7) is 0. The number of carbonyl (C=O) groups is 1. The summed E-state index contributed by atoms with van der Waals surface area (Å²) in [5, 5.41) is 4.74. The number of rotatable bonds is 3. The van der Waals surface area contributed by atoms with E-state index in [9.17, 15) is 18.0 Å². The minimum Gasteiger partial charge on any atom is -0.469 e. The van der Waals surface area contributed by atoms with Gasteiger partial charge in [0.25, 0.3) is 0 Å². The molecule has 3 aromatic heterocycles. The Labute approximate surface area is 186 Å². The number of imidazole rings is 1. The monoisotopic (exact) mass is 458 g/mol. The highest BCUT2D eigenvalue weighted by molar-refractivity contribution is 5.92. The van der Waals surface area contributed by atoms with Crippen LogP contribution in [0.2, 0.25) is 0 Å². The molecule has 3 N–H and O–H groups in total. The van der Waals surface area contributed by atoms with Gasteiger partial charge in [0, 0.05) is 11.3 Å². The summed E-state index contributed by atoms with van der Waals surface area (Å²) in [6.07, 6.45) is -0.457. The number of aromatic nitrogens is 5. The van der Waals surface area contributed by atoms with Crippen LogP contribution in [0.1, 0.15) is 43.0 Å². The number of esters is 1. The highest BCUT2D eigenvalue weighted by Crippen LogP contribution is 2.40. The minimum absolute atomic E-state index is 0.0107. The van der Waals surface area contributed by atoms with Crippen molar-refractivity contribution in [2.45, 2.75) is 37.8 Å². The summed E-state index contributed by atoms with van der Waals surface area (Å²) in [6, 6.07) is 5.64. The molecular formula is C22H21F3N6O2. The second kappa shape index (κ2) is 7.75. The molecular weight excluding hydrogens is 437 g/mol. The molecule has 1 fully saturated rings. The number of hydrogen-bond acceptors (Lipinski definition) is 6. The molecule has 1 aliphatic carbocycles. The first-order valence-electron chi connectivity index (χ1n) is 10.5. The minimum atomic E-state index is -4.50. The summed E-state index contributed by atoms with van der Waals surface area (Å²) in [4.78, 5) is 23.6. The van der Waals surface area contributed by atoms with Crippen molar-refractivity contribution in [3.63, 3.8) is 0 Å². The number of benzene rings is 1. The van der Waals surface area contributed by atoms with Gasteiger partial charge in [0.05, 0.1) is 29.8 Å². The summed E-state index contributed by atoms with van der Waals surface area (Å²) >= 11 is 0. The molecule has 0 spiro atoms. The maximum absolute atomic E-state index is 13.5. The van der Waals surface area contributed by atoms with Gasteiger partial charge in [-0.05, 0) is 37.8 Å². The fraction of sp³-hybridized carbons (Fsp3) is 0.364. The lowest BCUT2D eigenvalue weighted by Gasteiger charge is -2.25. The largest absolute Gasteiger partial charge is 0.469 e. The molecule has 3 heterocycles. The smallest absolute Gasteiger partial charge is 0.418 e. The molecule has 0 amide bonds. The lowest BCUT2D eigenvalue weighted by Crippen LogP contribution is -2.23. The molecule has 0 aliphatic heterocycles. The van der Waals surface area contributed by atoms with Gasteiger partial charge in [-0.15, -0.1) is 0 Å². The molecule has 33 heavy (non-hydrogen) atoms. The fourth-order valence-electron chi connectivity index (χ4n) is 4.70. The van der Waals surface area contributed by atoms with Crippen LogP contribution in [0.15, 0.2) is 30.6 Å². The molecule has 1 saturated carbocycles. The van der Waals surface area contributed by atoms with Crippen LogP contribution in [0.25, 0.3) is 27.8 Å². The average Bonchev–Trinajstić information content (AvgIpc) is 3.40. The van der Waals surface area contributed by atoms with Crippen LogP contribution < -0.4 is 5.73 Å². The number of methoxy groups -OCH3 is 1. The van der Waals surface area contributed by atoms with E-state index in [-0.39, 0.29) is 29.1 Å². The van der Waals surface area contributed by atoms with Gasteiger partial charge >= 0.3 is 12.1 Å². The number of nitrogens with one attached hydrogen (secondary N) is 1. The van der Waals surface area contributed by atoms with E-state index < -0.39 is 11.7 Å².